The monoisotopic (exact) mass is 354 g/mol. The Morgan fingerprint density at radius 3 is 1.64 bits per heavy atom. The van der Waals surface area contributed by atoms with E-state index in [1.165, 1.54) is 0 Å². The quantitative estimate of drug-likeness (QED) is 0.567. The molecule has 2 amide bonds. The van der Waals surface area contributed by atoms with Crippen LogP contribution in [0.3, 0.4) is 0 Å². The largest absolute Gasteiger partial charge is 0.414 e. The topological polar surface area (TPSA) is 49.9 Å². The normalized spacial score (nSPS) is 10.6. The van der Waals surface area contributed by atoms with Gasteiger partial charge in [0.05, 0.1) is 6.61 Å². The first kappa shape index (κ1) is 18.9. The van der Waals surface area contributed by atoms with Gasteiger partial charge in [-0.25, -0.2) is 0 Å². The van der Waals surface area contributed by atoms with Gasteiger partial charge in [0.2, 0.25) is 9.76 Å². The first-order valence-electron chi connectivity index (χ1n) is 7.99. The van der Waals surface area contributed by atoms with Crippen molar-refractivity contribution < 1.29 is 14.0 Å². The van der Waals surface area contributed by atoms with E-state index in [4.69, 9.17) is 4.43 Å². The number of benzene rings is 2. The van der Waals surface area contributed by atoms with Crippen LogP contribution in [0.25, 0.3) is 0 Å². The van der Waals surface area contributed by atoms with Crippen LogP contribution in [-0.2, 0) is 4.43 Å². The molecule has 5 nitrogen and oxygen atoms in total. The lowest BCUT2D eigenvalue weighted by atomic mass is 10.1. The highest BCUT2D eigenvalue weighted by Gasteiger charge is 2.28. The van der Waals surface area contributed by atoms with Crippen LogP contribution >= 0.6 is 0 Å². The smallest absolute Gasteiger partial charge is 0.255 e. The molecule has 0 aliphatic rings. The maximum Gasteiger partial charge on any atom is 0.255 e. The summed E-state index contributed by atoms with van der Waals surface area (Å²) in [6, 6.07) is 18.0. The summed E-state index contributed by atoms with van der Waals surface area (Å²) < 4.78 is 5.55. The Labute approximate surface area is 151 Å². The number of carbonyl (C=O) groups is 2. The van der Waals surface area contributed by atoms with E-state index < -0.39 is 6.17 Å². The van der Waals surface area contributed by atoms with E-state index in [1.807, 2.05) is 42.9 Å². The molecule has 0 unspecified atom stereocenters. The second-order valence-corrected chi connectivity index (χ2v) is 6.26. The van der Waals surface area contributed by atoms with Crippen molar-refractivity contribution in [2.75, 3.05) is 20.7 Å². The number of amides is 2. The fourth-order valence-corrected chi connectivity index (χ4v) is 2.80. The van der Waals surface area contributed by atoms with Crippen molar-refractivity contribution in [1.29, 1.82) is 0 Å². The van der Waals surface area contributed by atoms with Crippen LogP contribution < -0.4 is 0 Å². The maximum absolute atomic E-state index is 12.7. The summed E-state index contributed by atoms with van der Waals surface area (Å²) in [6.45, 7) is 2.17. The second kappa shape index (κ2) is 9.15. The van der Waals surface area contributed by atoms with E-state index >= 15 is 0 Å². The Bertz CT molecular complexity index is 637. The van der Waals surface area contributed by atoms with Gasteiger partial charge in [0.1, 0.15) is 6.17 Å². The molecule has 0 saturated carbocycles. The average molecular weight is 354 g/mol. The maximum atomic E-state index is 12.7. The third-order valence-corrected chi connectivity index (χ3v) is 4.41. The van der Waals surface area contributed by atoms with Gasteiger partial charge in [-0.3, -0.25) is 9.59 Å². The summed E-state index contributed by atoms with van der Waals surface area (Å²) in [7, 11) is 3.66. The molecule has 2 rings (SSSR count). The Morgan fingerprint density at radius 1 is 0.880 bits per heavy atom. The van der Waals surface area contributed by atoms with Crippen molar-refractivity contribution in [3.63, 3.8) is 0 Å². The van der Waals surface area contributed by atoms with Crippen molar-refractivity contribution in [3.8, 4) is 0 Å². The summed E-state index contributed by atoms with van der Waals surface area (Å²) in [6.07, 6.45) is -0.493. The molecular formula is C19H22N2O3Si. The molecule has 0 bridgehead atoms. The van der Waals surface area contributed by atoms with Crippen molar-refractivity contribution in [1.82, 2.24) is 9.80 Å². The lowest BCUT2D eigenvalue weighted by Gasteiger charge is -2.35. The van der Waals surface area contributed by atoms with Crippen LogP contribution in [0, 0.1) is 0 Å². The number of hydrogen-bond acceptors (Lipinski definition) is 3. The van der Waals surface area contributed by atoms with Crippen LogP contribution in [0.4, 0.5) is 0 Å². The number of hydrogen-bond donors (Lipinski definition) is 0. The summed E-state index contributed by atoms with van der Waals surface area (Å²) >= 11 is 0. The molecule has 2 radical (unpaired) electrons. The third-order valence-electron chi connectivity index (χ3n) is 3.95. The molecule has 25 heavy (non-hydrogen) atoms. The minimum absolute atomic E-state index is 0.152. The highest BCUT2D eigenvalue weighted by Crippen LogP contribution is 2.13. The molecule has 0 heterocycles. The van der Waals surface area contributed by atoms with E-state index in [1.54, 1.807) is 48.2 Å². The second-order valence-electron chi connectivity index (χ2n) is 5.56. The van der Waals surface area contributed by atoms with Gasteiger partial charge in [0.25, 0.3) is 11.8 Å². The standard InChI is InChI=1S/C19H22N2O3Si/c1-20(18(22)15-10-6-4-7-11-15)17(14-24-25-3)21(2)19(23)16-12-8-5-9-13-16/h4-13,17H,14H2,1-3H3. The van der Waals surface area contributed by atoms with Gasteiger partial charge in [-0.15, -0.1) is 0 Å². The first-order chi connectivity index (χ1) is 12.1. The Morgan fingerprint density at radius 2 is 1.28 bits per heavy atom. The molecule has 0 aliphatic carbocycles. The van der Waals surface area contributed by atoms with Crippen LogP contribution in [0.1, 0.15) is 20.7 Å². The Kier molecular flexibility index (Phi) is 6.91. The van der Waals surface area contributed by atoms with Crippen LogP contribution in [0.5, 0.6) is 0 Å². The molecule has 6 heteroatoms. The van der Waals surface area contributed by atoms with Crippen LogP contribution in [0.2, 0.25) is 6.55 Å². The van der Waals surface area contributed by atoms with E-state index in [2.05, 4.69) is 0 Å². The van der Waals surface area contributed by atoms with Crippen molar-refractivity contribution in [3.05, 3.63) is 71.8 Å². The zero-order chi connectivity index (χ0) is 18.2. The predicted molar refractivity (Wildman–Crippen MR) is 98.4 cm³/mol. The van der Waals surface area contributed by atoms with Gasteiger partial charge in [-0.1, -0.05) is 36.4 Å². The van der Waals surface area contributed by atoms with Gasteiger partial charge in [-0.2, -0.15) is 0 Å². The molecule has 130 valence electrons. The van der Waals surface area contributed by atoms with E-state index in [9.17, 15) is 9.59 Å². The van der Waals surface area contributed by atoms with E-state index in [0.29, 0.717) is 11.1 Å². The molecule has 0 spiro atoms. The Hall–Kier alpha value is -2.44. The highest BCUT2D eigenvalue weighted by atomic mass is 28.2. The minimum atomic E-state index is -0.493. The first-order valence-corrected chi connectivity index (χ1v) is 9.40. The molecular weight excluding hydrogens is 332 g/mol. The SMILES string of the molecule is C[Si]OCC(N(C)C(=O)c1ccccc1)N(C)C(=O)c1ccccc1. The lowest BCUT2D eigenvalue weighted by Crippen LogP contribution is -2.52. The van der Waals surface area contributed by atoms with Crippen molar-refractivity contribution >= 4 is 21.6 Å². The molecule has 0 N–H and O–H groups in total. The van der Waals surface area contributed by atoms with Gasteiger partial charge in [0.15, 0.2) is 0 Å². The van der Waals surface area contributed by atoms with Gasteiger partial charge >= 0.3 is 0 Å². The molecule has 0 saturated heterocycles. The van der Waals surface area contributed by atoms with Crippen molar-refractivity contribution in [2.45, 2.75) is 12.7 Å². The van der Waals surface area contributed by atoms with Crippen LogP contribution in [0.15, 0.2) is 60.7 Å². The summed E-state index contributed by atoms with van der Waals surface area (Å²) in [5.41, 5.74) is 1.16. The number of nitrogens with zero attached hydrogens (tertiary/aromatic N) is 2. The lowest BCUT2D eigenvalue weighted by molar-refractivity contribution is 0.0278. The van der Waals surface area contributed by atoms with E-state index in [0.717, 1.165) is 0 Å². The number of likely N-dealkylation sites (N-methyl/N-ethyl adjacent to an activating group) is 2. The highest BCUT2D eigenvalue weighted by molar-refractivity contribution is 6.24. The fourth-order valence-electron chi connectivity index (χ4n) is 2.48. The fraction of sp³-hybridized carbons (Fsp3) is 0.263. The summed E-state index contributed by atoms with van der Waals surface area (Å²) in [5.74, 6) is -0.303. The third kappa shape index (κ3) is 4.77. The van der Waals surface area contributed by atoms with E-state index in [-0.39, 0.29) is 28.2 Å². The minimum Gasteiger partial charge on any atom is -0.414 e. The molecule has 2 aromatic rings. The molecule has 2 aromatic carbocycles. The Balaban J connectivity index is 2.22. The van der Waals surface area contributed by atoms with Crippen molar-refractivity contribution in [2.24, 2.45) is 0 Å². The molecule has 0 fully saturated rings. The van der Waals surface area contributed by atoms with Gasteiger partial charge in [-0.05, 0) is 30.8 Å². The zero-order valence-corrected chi connectivity index (χ0v) is 15.7. The number of carbonyl (C=O) groups excluding carboxylic acids is 2. The van der Waals surface area contributed by atoms with Gasteiger partial charge in [0, 0.05) is 25.2 Å². The predicted octanol–water partition coefficient (Wildman–Crippen LogP) is 2.54. The van der Waals surface area contributed by atoms with Gasteiger partial charge < -0.3 is 14.2 Å². The summed E-state index contributed by atoms with van der Waals surface area (Å²) in [4.78, 5) is 28.6. The average Bonchev–Trinajstić information content (AvgIpc) is 2.68. The summed E-state index contributed by atoms with van der Waals surface area (Å²) in [5, 5.41) is 0. The molecule has 0 aliphatic heterocycles. The van der Waals surface area contributed by atoms with Crippen LogP contribution in [-0.4, -0.2) is 58.2 Å². The number of rotatable bonds is 7. The molecule has 0 atom stereocenters. The zero-order valence-electron chi connectivity index (χ0n) is 14.7. The molecule has 0 aromatic heterocycles.